The van der Waals surface area contributed by atoms with Crippen LogP contribution in [0.2, 0.25) is 0 Å². The number of Topliss-reactive ketones (excluding diaryl/α,β-unsaturated/α-hetero) is 1. The highest BCUT2D eigenvalue weighted by Crippen LogP contribution is 2.25. The summed E-state index contributed by atoms with van der Waals surface area (Å²) in [6.45, 7) is 0. The van der Waals surface area contributed by atoms with Crippen LogP contribution in [0.4, 0.5) is 4.39 Å². The van der Waals surface area contributed by atoms with E-state index in [2.05, 4.69) is 26.1 Å². The molecule has 0 aliphatic rings. The summed E-state index contributed by atoms with van der Waals surface area (Å²) in [4.78, 5) is 12.3. The van der Waals surface area contributed by atoms with Crippen LogP contribution in [0.5, 0.6) is 0 Å². The molecule has 0 saturated carbocycles. The van der Waals surface area contributed by atoms with E-state index < -0.39 is 0 Å². The van der Waals surface area contributed by atoms with E-state index in [9.17, 15) is 9.18 Å². The summed E-state index contributed by atoms with van der Waals surface area (Å²) >= 11 is 4.63. The van der Waals surface area contributed by atoms with Crippen LogP contribution in [0.25, 0.3) is 11.4 Å². The molecule has 0 bridgehead atoms. The Kier molecular flexibility index (Phi) is 5.11. The van der Waals surface area contributed by atoms with Crippen LogP contribution in [0.1, 0.15) is 10.4 Å². The lowest BCUT2D eigenvalue weighted by atomic mass is 10.2. The number of carbonyl (C=O) groups excluding carboxylic acids is 1. The maximum absolute atomic E-state index is 13.9. The lowest BCUT2D eigenvalue weighted by molar-refractivity contribution is 0.102. The number of ketones is 1. The first kappa shape index (κ1) is 16.9. The van der Waals surface area contributed by atoms with Gasteiger partial charge in [0.25, 0.3) is 0 Å². The molecule has 0 unspecified atom stereocenters. The molecule has 0 radical (unpaired) electrons. The topological polar surface area (TPSA) is 47.8 Å². The number of hydrogen-bond donors (Lipinski definition) is 0. The van der Waals surface area contributed by atoms with Crippen LogP contribution in [-0.2, 0) is 7.05 Å². The molecule has 1 aromatic heterocycles. The molecule has 3 aromatic rings. The van der Waals surface area contributed by atoms with Crippen LogP contribution in [0.15, 0.2) is 58.2 Å². The summed E-state index contributed by atoms with van der Waals surface area (Å²) in [5, 5.41) is 8.68. The van der Waals surface area contributed by atoms with Gasteiger partial charge in [-0.1, -0.05) is 52.0 Å². The fourth-order valence-electron chi connectivity index (χ4n) is 2.19. The van der Waals surface area contributed by atoms with E-state index in [-0.39, 0.29) is 17.4 Å². The predicted octanol–water partition coefficient (Wildman–Crippen LogP) is 4.36. The molecule has 0 N–H and O–H groups in total. The number of rotatable bonds is 5. The molecule has 0 spiro atoms. The van der Waals surface area contributed by atoms with Gasteiger partial charge in [-0.3, -0.25) is 4.79 Å². The molecule has 4 nitrogen and oxygen atoms in total. The quantitative estimate of drug-likeness (QED) is 0.467. The second-order valence-corrected chi connectivity index (χ2v) is 6.93. The van der Waals surface area contributed by atoms with Crippen molar-refractivity contribution in [3.05, 3.63) is 64.4 Å². The highest BCUT2D eigenvalue weighted by Gasteiger charge is 2.16. The Labute approximate surface area is 151 Å². The second-order valence-electron chi connectivity index (χ2n) is 5.07. The molecule has 0 fully saturated rings. The molecule has 2 aromatic carbocycles. The third kappa shape index (κ3) is 3.57. The number of thioether (sulfide) groups is 1. The molecule has 0 aliphatic carbocycles. The van der Waals surface area contributed by atoms with Crippen molar-refractivity contribution in [3.8, 4) is 11.4 Å². The summed E-state index contributed by atoms with van der Waals surface area (Å²) in [5.74, 6) is 0.316. The molecule has 122 valence electrons. The van der Waals surface area contributed by atoms with E-state index in [1.54, 1.807) is 41.9 Å². The Balaban J connectivity index is 1.75. The molecule has 7 heteroatoms. The highest BCUT2D eigenvalue weighted by atomic mass is 79.9. The van der Waals surface area contributed by atoms with Crippen molar-refractivity contribution in [1.29, 1.82) is 0 Å². The number of hydrogen-bond acceptors (Lipinski definition) is 4. The van der Waals surface area contributed by atoms with Crippen LogP contribution in [0, 0.1) is 5.82 Å². The minimum atomic E-state index is -0.352. The fourth-order valence-corrected chi connectivity index (χ4v) is 3.40. The van der Waals surface area contributed by atoms with E-state index >= 15 is 0 Å². The van der Waals surface area contributed by atoms with Crippen molar-refractivity contribution in [2.75, 3.05) is 5.75 Å². The van der Waals surface area contributed by atoms with Gasteiger partial charge in [0.2, 0.25) is 0 Å². The van der Waals surface area contributed by atoms with Gasteiger partial charge in [0.05, 0.1) is 11.3 Å². The van der Waals surface area contributed by atoms with Crippen molar-refractivity contribution in [2.24, 2.45) is 7.05 Å². The Morgan fingerprint density at radius 3 is 2.75 bits per heavy atom. The Hall–Kier alpha value is -1.99. The third-order valence-corrected chi connectivity index (χ3v) is 4.94. The average molecular weight is 406 g/mol. The summed E-state index contributed by atoms with van der Waals surface area (Å²) in [6.07, 6.45) is 0. The molecule has 24 heavy (non-hydrogen) atoms. The summed E-state index contributed by atoms with van der Waals surface area (Å²) in [5.41, 5.74) is 1.02. The monoisotopic (exact) mass is 405 g/mol. The highest BCUT2D eigenvalue weighted by molar-refractivity contribution is 9.10. The van der Waals surface area contributed by atoms with E-state index in [1.807, 2.05) is 12.1 Å². The molecule has 3 rings (SSSR count). The summed E-state index contributed by atoms with van der Waals surface area (Å²) in [6, 6.07) is 13.7. The lowest BCUT2D eigenvalue weighted by Crippen LogP contribution is -2.04. The SMILES string of the molecule is Cn1c(SCC(=O)c2cccc(Br)c2)nnc1-c1ccccc1F. The number of nitrogens with zero attached hydrogens (tertiary/aromatic N) is 3. The largest absolute Gasteiger partial charge is 0.305 e. The van der Waals surface area contributed by atoms with Gasteiger partial charge in [-0.15, -0.1) is 10.2 Å². The minimum Gasteiger partial charge on any atom is -0.305 e. The van der Waals surface area contributed by atoms with Crippen molar-refractivity contribution < 1.29 is 9.18 Å². The van der Waals surface area contributed by atoms with E-state index in [0.29, 0.717) is 22.1 Å². The first-order valence-electron chi connectivity index (χ1n) is 7.12. The predicted molar refractivity (Wildman–Crippen MR) is 95.6 cm³/mol. The molecule has 1 heterocycles. The third-order valence-electron chi connectivity index (χ3n) is 3.43. The van der Waals surface area contributed by atoms with Crippen LogP contribution in [-0.4, -0.2) is 26.3 Å². The van der Waals surface area contributed by atoms with Gasteiger partial charge in [0.15, 0.2) is 16.8 Å². The van der Waals surface area contributed by atoms with Gasteiger partial charge >= 0.3 is 0 Å². The Bertz CT molecular complexity index is 897. The minimum absolute atomic E-state index is 0.00302. The zero-order chi connectivity index (χ0) is 17.1. The van der Waals surface area contributed by atoms with Crippen molar-refractivity contribution in [1.82, 2.24) is 14.8 Å². The van der Waals surface area contributed by atoms with Gasteiger partial charge < -0.3 is 4.57 Å². The molecule has 0 atom stereocenters. The molecular weight excluding hydrogens is 393 g/mol. The van der Waals surface area contributed by atoms with Crippen LogP contribution >= 0.6 is 27.7 Å². The van der Waals surface area contributed by atoms with Gasteiger partial charge in [-0.25, -0.2) is 4.39 Å². The fraction of sp³-hybridized carbons (Fsp3) is 0.118. The smallest absolute Gasteiger partial charge is 0.191 e. The van der Waals surface area contributed by atoms with Crippen molar-refractivity contribution in [3.63, 3.8) is 0 Å². The summed E-state index contributed by atoms with van der Waals surface area (Å²) in [7, 11) is 1.76. The van der Waals surface area contributed by atoms with Gasteiger partial charge in [0, 0.05) is 17.1 Å². The molecule has 0 amide bonds. The van der Waals surface area contributed by atoms with Gasteiger partial charge in [-0.05, 0) is 24.3 Å². The van der Waals surface area contributed by atoms with Gasteiger partial charge in [-0.2, -0.15) is 0 Å². The second kappa shape index (κ2) is 7.27. The van der Waals surface area contributed by atoms with Crippen LogP contribution < -0.4 is 0 Å². The van der Waals surface area contributed by atoms with E-state index in [0.717, 1.165) is 4.47 Å². The summed E-state index contributed by atoms with van der Waals surface area (Å²) < 4.78 is 16.4. The van der Waals surface area contributed by atoms with Crippen LogP contribution in [0.3, 0.4) is 0 Å². The first-order valence-corrected chi connectivity index (χ1v) is 8.90. The zero-order valence-electron chi connectivity index (χ0n) is 12.7. The lowest BCUT2D eigenvalue weighted by Gasteiger charge is -2.05. The maximum Gasteiger partial charge on any atom is 0.191 e. The van der Waals surface area contributed by atoms with E-state index in [1.165, 1.54) is 17.8 Å². The Morgan fingerprint density at radius 1 is 1.21 bits per heavy atom. The van der Waals surface area contributed by atoms with Crippen molar-refractivity contribution >= 4 is 33.5 Å². The number of carbonyl (C=O) groups is 1. The van der Waals surface area contributed by atoms with E-state index in [4.69, 9.17) is 0 Å². The van der Waals surface area contributed by atoms with Gasteiger partial charge in [0.1, 0.15) is 5.82 Å². The zero-order valence-corrected chi connectivity index (χ0v) is 15.1. The van der Waals surface area contributed by atoms with Crippen molar-refractivity contribution in [2.45, 2.75) is 5.16 Å². The standard InChI is InChI=1S/C17H13BrFN3OS/c1-22-16(13-7-2-3-8-14(13)19)20-21-17(22)24-10-15(23)11-5-4-6-12(18)9-11/h2-9H,10H2,1H3. The molecule has 0 saturated heterocycles. The Morgan fingerprint density at radius 2 is 2.00 bits per heavy atom. The average Bonchev–Trinajstić information content (AvgIpc) is 2.94. The maximum atomic E-state index is 13.9. The first-order chi connectivity index (χ1) is 11.6. The number of aromatic nitrogens is 3. The molecular formula is C17H13BrFN3OS. The number of halogens is 2. The molecule has 0 aliphatic heterocycles. The number of benzene rings is 2. The normalized spacial score (nSPS) is 10.8.